The number of urea groups is 1. The molecule has 1 aliphatic heterocycles. The van der Waals surface area contributed by atoms with Gasteiger partial charge >= 0.3 is 6.03 Å². The number of nitrogens with one attached hydrogen (secondary N) is 2. The molecular weight excluding hydrogens is 378 g/mol. The number of hydrogen-bond acceptors (Lipinski definition) is 4. The molecule has 0 saturated carbocycles. The van der Waals surface area contributed by atoms with Crippen LogP contribution in [0.5, 0.6) is 0 Å². The van der Waals surface area contributed by atoms with Crippen molar-refractivity contribution in [3.05, 3.63) is 71.4 Å². The molecule has 0 bridgehead atoms. The van der Waals surface area contributed by atoms with Gasteiger partial charge in [-0.3, -0.25) is 4.90 Å². The first kappa shape index (κ1) is 20.2. The first-order chi connectivity index (χ1) is 14.6. The minimum Gasteiger partial charge on any atom is -0.468 e. The summed E-state index contributed by atoms with van der Waals surface area (Å²) in [5, 5.41) is 10.6. The van der Waals surface area contributed by atoms with Gasteiger partial charge in [0.15, 0.2) is 0 Å². The van der Waals surface area contributed by atoms with E-state index >= 15 is 0 Å². The fourth-order valence-corrected chi connectivity index (χ4v) is 4.12. The third-order valence-corrected chi connectivity index (χ3v) is 5.78. The van der Waals surface area contributed by atoms with Gasteiger partial charge < -0.3 is 15.1 Å². The number of hydrogen-bond donors (Lipinski definition) is 2. The lowest BCUT2D eigenvalue weighted by Crippen LogP contribution is -2.41. The van der Waals surface area contributed by atoms with E-state index in [0.717, 1.165) is 41.5 Å². The highest BCUT2D eigenvalue weighted by atomic mass is 16.3. The molecular formula is C23H29N5O2. The monoisotopic (exact) mass is 407 g/mol. The molecule has 3 heterocycles. The molecule has 2 aromatic heterocycles. The maximum atomic E-state index is 12.5. The molecule has 30 heavy (non-hydrogen) atoms. The maximum Gasteiger partial charge on any atom is 0.315 e. The lowest BCUT2D eigenvalue weighted by Gasteiger charge is -2.26. The fourth-order valence-electron chi connectivity index (χ4n) is 4.12. The van der Waals surface area contributed by atoms with Gasteiger partial charge in [-0.1, -0.05) is 18.2 Å². The maximum absolute atomic E-state index is 12.5. The molecule has 2 amide bonds. The van der Waals surface area contributed by atoms with Gasteiger partial charge in [-0.15, -0.1) is 0 Å². The third kappa shape index (κ3) is 4.41. The summed E-state index contributed by atoms with van der Waals surface area (Å²) in [5.41, 5.74) is 4.00. The summed E-state index contributed by atoms with van der Waals surface area (Å²) in [6.07, 6.45) is 4.06. The number of likely N-dealkylation sites (tertiary alicyclic amines) is 1. The summed E-state index contributed by atoms with van der Waals surface area (Å²) in [4.78, 5) is 14.9. The van der Waals surface area contributed by atoms with Crippen molar-refractivity contribution in [1.29, 1.82) is 0 Å². The molecule has 1 aliphatic rings. The van der Waals surface area contributed by atoms with Crippen LogP contribution >= 0.6 is 0 Å². The van der Waals surface area contributed by atoms with Crippen molar-refractivity contribution >= 4 is 6.03 Å². The quantitative estimate of drug-likeness (QED) is 0.626. The Labute approximate surface area is 177 Å². The van der Waals surface area contributed by atoms with Crippen LogP contribution in [0.2, 0.25) is 0 Å². The molecule has 7 nitrogen and oxygen atoms in total. The first-order valence-electron chi connectivity index (χ1n) is 10.5. The molecule has 3 aromatic rings. The molecule has 0 radical (unpaired) electrons. The topological polar surface area (TPSA) is 75.3 Å². The molecule has 1 fully saturated rings. The van der Waals surface area contributed by atoms with Crippen molar-refractivity contribution in [1.82, 2.24) is 25.3 Å². The number of carbonyl (C=O) groups is 1. The van der Waals surface area contributed by atoms with Crippen LogP contribution < -0.4 is 10.6 Å². The molecule has 1 saturated heterocycles. The van der Waals surface area contributed by atoms with Crippen molar-refractivity contribution in [2.75, 3.05) is 19.6 Å². The average Bonchev–Trinajstić information content (AvgIpc) is 3.51. The highest BCUT2D eigenvalue weighted by molar-refractivity contribution is 5.74. The lowest BCUT2D eigenvalue weighted by molar-refractivity contribution is 0.203. The van der Waals surface area contributed by atoms with E-state index in [1.807, 2.05) is 61.0 Å². The van der Waals surface area contributed by atoms with Crippen molar-refractivity contribution < 1.29 is 9.21 Å². The number of nitrogens with zero attached hydrogens (tertiary/aromatic N) is 3. The lowest BCUT2D eigenvalue weighted by atomic mass is 10.2. The van der Waals surface area contributed by atoms with E-state index < -0.39 is 0 Å². The van der Waals surface area contributed by atoms with Gasteiger partial charge in [0.05, 0.1) is 23.7 Å². The van der Waals surface area contributed by atoms with E-state index in [9.17, 15) is 4.79 Å². The summed E-state index contributed by atoms with van der Waals surface area (Å²) in [7, 11) is 0. The van der Waals surface area contributed by atoms with Gasteiger partial charge in [-0.05, 0) is 64.0 Å². The van der Waals surface area contributed by atoms with Crippen molar-refractivity contribution in [3.8, 4) is 5.69 Å². The van der Waals surface area contributed by atoms with Gasteiger partial charge in [0, 0.05) is 24.3 Å². The summed E-state index contributed by atoms with van der Waals surface area (Å²) in [5.74, 6) is 0.896. The Balaban J connectivity index is 1.36. The average molecular weight is 408 g/mol. The molecule has 158 valence electrons. The highest BCUT2D eigenvalue weighted by Crippen LogP contribution is 2.25. The van der Waals surface area contributed by atoms with Crippen LogP contribution in [0.4, 0.5) is 4.79 Å². The zero-order valence-corrected chi connectivity index (χ0v) is 17.6. The van der Waals surface area contributed by atoms with E-state index in [-0.39, 0.29) is 12.1 Å². The molecule has 2 N–H and O–H groups in total. The highest BCUT2D eigenvalue weighted by Gasteiger charge is 2.26. The van der Waals surface area contributed by atoms with Crippen molar-refractivity contribution in [3.63, 3.8) is 0 Å². The Morgan fingerprint density at radius 2 is 1.87 bits per heavy atom. The number of para-hydroxylation sites is 1. The van der Waals surface area contributed by atoms with Crippen LogP contribution in [0.1, 0.15) is 41.6 Å². The Kier molecular flexibility index (Phi) is 6.18. The molecule has 0 spiro atoms. The number of aryl methyl sites for hydroxylation is 1. The SMILES string of the molecule is Cc1nn(-c2ccccc2)c(C)c1CNC(=O)NCC(c1ccco1)N1CCCC1. The van der Waals surface area contributed by atoms with Gasteiger partial charge in [-0.2, -0.15) is 5.10 Å². The Hall–Kier alpha value is -3.06. The number of benzene rings is 1. The molecule has 1 atom stereocenters. The molecule has 1 unspecified atom stereocenters. The largest absolute Gasteiger partial charge is 0.468 e. The van der Waals surface area contributed by atoms with Crippen LogP contribution in [0.15, 0.2) is 53.1 Å². The number of furan rings is 1. The van der Waals surface area contributed by atoms with Gasteiger partial charge in [0.25, 0.3) is 0 Å². The van der Waals surface area contributed by atoms with Gasteiger partial charge in [-0.25, -0.2) is 9.48 Å². The second-order valence-electron chi connectivity index (χ2n) is 7.73. The third-order valence-electron chi connectivity index (χ3n) is 5.78. The molecule has 4 rings (SSSR count). The Bertz CT molecular complexity index is 959. The van der Waals surface area contributed by atoms with Crippen LogP contribution in [0.25, 0.3) is 5.69 Å². The van der Waals surface area contributed by atoms with Crippen molar-refractivity contribution in [2.24, 2.45) is 0 Å². The van der Waals surface area contributed by atoms with Crippen molar-refractivity contribution in [2.45, 2.75) is 39.3 Å². The smallest absolute Gasteiger partial charge is 0.315 e. The molecule has 0 aliphatic carbocycles. The van der Waals surface area contributed by atoms with E-state index in [2.05, 4.69) is 20.6 Å². The first-order valence-corrected chi connectivity index (χ1v) is 10.5. The van der Waals surface area contributed by atoms with Gasteiger partial charge in [0.2, 0.25) is 0 Å². The van der Waals surface area contributed by atoms with Gasteiger partial charge in [0.1, 0.15) is 5.76 Å². The van der Waals surface area contributed by atoms with Crippen LogP contribution in [0.3, 0.4) is 0 Å². The second kappa shape index (κ2) is 9.17. The summed E-state index contributed by atoms with van der Waals surface area (Å²) >= 11 is 0. The zero-order valence-electron chi connectivity index (χ0n) is 17.6. The van der Waals surface area contributed by atoms with E-state index in [4.69, 9.17) is 4.42 Å². The number of rotatable bonds is 7. The van der Waals surface area contributed by atoms with Crippen LogP contribution in [-0.4, -0.2) is 40.3 Å². The minimum atomic E-state index is -0.183. The predicted octanol–water partition coefficient (Wildman–Crippen LogP) is 3.72. The standard InChI is InChI=1S/C23H29N5O2/c1-17-20(18(2)28(26-17)19-9-4-3-5-10-19)15-24-23(29)25-16-21(22-11-8-14-30-22)27-12-6-7-13-27/h3-5,8-11,14,21H,6-7,12-13,15-16H2,1-2H3,(H2,24,25,29). The molecule has 7 heteroatoms. The summed E-state index contributed by atoms with van der Waals surface area (Å²) in [6.45, 7) is 7.02. The normalized spacial score (nSPS) is 15.3. The fraction of sp³-hybridized carbons (Fsp3) is 0.391. The number of amides is 2. The van der Waals surface area contributed by atoms with E-state index in [1.165, 1.54) is 12.8 Å². The molecule has 1 aromatic carbocycles. The Morgan fingerprint density at radius 1 is 1.10 bits per heavy atom. The predicted molar refractivity (Wildman–Crippen MR) is 116 cm³/mol. The zero-order chi connectivity index (χ0) is 20.9. The van der Waals surface area contributed by atoms with Crippen LogP contribution in [0, 0.1) is 13.8 Å². The van der Waals surface area contributed by atoms with E-state index in [1.54, 1.807) is 6.26 Å². The number of carbonyl (C=O) groups excluding carboxylic acids is 1. The van der Waals surface area contributed by atoms with E-state index in [0.29, 0.717) is 13.1 Å². The number of aromatic nitrogens is 2. The Morgan fingerprint density at radius 3 is 2.57 bits per heavy atom. The summed E-state index contributed by atoms with van der Waals surface area (Å²) in [6, 6.07) is 13.8. The minimum absolute atomic E-state index is 0.0672. The van der Waals surface area contributed by atoms with Crippen LogP contribution in [-0.2, 0) is 6.54 Å². The second-order valence-corrected chi connectivity index (χ2v) is 7.73. The summed E-state index contributed by atoms with van der Waals surface area (Å²) < 4.78 is 7.54.